The molecule has 29 heavy (non-hydrogen) atoms. The molecule has 0 bridgehead atoms. The molecule has 1 atom stereocenters. The minimum absolute atomic E-state index is 0.0246. The Hall–Kier alpha value is -3.35. The molecule has 7 nitrogen and oxygen atoms in total. The van der Waals surface area contributed by atoms with E-state index < -0.39 is 6.04 Å². The quantitative estimate of drug-likeness (QED) is 0.619. The molecule has 1 aromatic heterocycles. The Morgan fingerprint density at radius 1 is 1.07 bits per heavy atom. The Bertz CT molecular complexity index is 1010. The second kappa shape index (κ2) is 8.77. The number of benzene rings is 2. The average molecular weight is 395 g/mol. The van der Waals surface area contributed by atoms with E-state index in [-0.39, 0.29) is 24.5 Å². The van der Waals surface area contributed by atoms with E-state index in [2.05, 4.69) is 10.3 Å². The fraction of sp³-hybridized carbons (Fsp3) is 0.318. The number of ether oxygens (including phenoxy) is 2. The number of carbonyl (C=O) groups excluding carboxylic acids is 2. The zero-order valence-electron chi connectivity index (χ0n) is 17.0. The van der Waals surface area contributed by atoms with Crippen LogP contribution in [0.15, 0.2) is 48.5 Å². The van der Waals surface area contributed by atoms with E-state index in [1.54, 1.807) is 35.9 Å². The van der Waals surface area contributed by atoms with Crippen molar-refractivity contribution >= 4 is 22.9 Å². The summed E-state index contributed by atoms with van der Waals surface area (Å²) in [4.78, 5) is 29.6. The molecule has 1 amide bonds. The molecule has 1 heterocycles. The molecule has 2 aromatic carbocycles. The summed E-state index contributed by atoms with van der Waals surface area (Å²) in [5.74, 6) is 0.690. The SMILES string of the molecule is COc1ccc(C(=O)NC(C)c2nc3ccccc3n2CC(=O)OC(C)C)cc1. The normalized spacial score (nSPS) is 12.0. The van der Waals surface area contributed by atoms with E-state index >= 15 is 0 Å². The number of nitrogens with one attached hydrogen (secondary N) is 1. The number of amides is 1. The molecule has 0 fully saturated rings. The maximum Gasteiger partial charge on any atom is 0.326 e. The van der Waals surface area contributed by atoms with E-state index in [4.69, 9.17) is 9.47 Å². The summed E-state index contributed by atoms with van der Waals surface area (Å²) in [6.07, 6.45) is -0.201. The highest BCUT2D eigenvalue weighted by Crippen LogP contribution is 2.22. The third kappa shape index (κ3) is 4.74. The first-order chi connectivity index (χ1) is 13.9. The van der Waals surface area contributed by atoms with Crippen molar-refractivity contribution in [2.75, 3.05) is 7.11 Å². The molecule has 0 aliphatic heterocycles. The molecule has 0 saturated carbocycles. The van der Waals surface area contributed by atoms with Gasteiger partial charge in [0.05, 0.1) is 30.3 Å². The van der Waals surface area contributed by atoms with Crippen molar-refractivity contribution in [2.45, 2.75) is 39.5 Å². The number of methoxy groups -OCH3 is 1. The van der Waals surface area contributed by atoms with Crippen LogP contribution in [0.3, 0.4) is 0 Å². The lowest BCUT2D eigenvalue weighted by molar-refractivity contribution is -0.148. The third-order valence-electron chi connectivity index (χ3n) is 4.43. The number of fused-ring (bicyclic) bond motifs is 1. The Labute approximate surface area is 169 Å². The lowest BCUT2D eigenvalue weighted by Crippen LogP contribution is -2.29. The summed E-state index contributed by atoms with van der Waals surface area (Å²) in [6, 6.07) is 14.0. The standard InChI is InChI=1S/C22H25N3O4/c1-14(2)29-20(26)13-25-19-8-6-5-7-18(19)24-21(25)15(3)23-22(27)16-9-11-17(28-4)12-10-16/h5-12,14-15H,13H2,1-4H3,(H,23,27). The van der Waals surface area contributed by atoms with Crippen molar-refractivity contribution in [1.82, 2.24) is 14.9 Å². The molecule has 1 unspecified atom stereocenters. The maximum absolute atomic E-state index is 12.6. The molecule has 0 saturated heterocycles. The van der Waals surface area contributed by atoms with Crippen molar-refractivity contribution < 1.29 is 19.1 Å². The van der Waals surface area contributed by atoms with E-state index in [0.717, 1.165) is 11.0 Å². The van der Waals surface area contributed by atoms with Gasteiger partial charge in [-0.05, 0) is 57.2 Å². The maximum atomic E-state index is 12.6. The second-order valence-corrected chi connectivity index (χ2v) is 7.01. The van der Waals surface area contributed by atoms with Gasteiger partial charge in [0.2, 0.25) is 0 Å². The molecule has 1 N–H and O–H groups in total. The van der Waals surface area contributed by atoms with Gasteiger partial charge in [0, 0.05) is 5.56 Å². The fourth-order valence-corrected chi connectivity index (χ4v) is 3.11. The zero-order valence-corrected chi connectivity index (χ0v) is 17.0. The van der Waals surface area contributed by atoms with Crippen LogP contribution in [0.25, 0.3) is 11.0 Å². The van der Waals surface area contributed by atoms with Gasteiger partial charge in [0.25, 0.3) is 5.91 Å². The van der Waals surface area contributed by atoms with Gasteiger partial charge in [-0.25, -0.2) is 4.98 Å². The van der Waals surface area contributed by atoms with Gasteiger partial charge >= 0.3 is 5.97 Å². The number of hydrogen-bond donors (Lipinski definition) is 1. The highest BCUT2D eigenvalue weighted by molar-refractivity contribution is 5.94. The van der Waals surface area contributed by atoms with Crippen LogP contribution in [0.4, 0.5) is 0 Å². The van der Waals surface area contributed by atoms with Gasteiger partial charge in [-0.1, -0.05) is 12.1 Å². The highest BCUT2D eigenvalue weighted by Gasteiger charge is 2.21. The first kappa shape index (κ1) is 20.4. The van der Waals surface area contributed by atoms with E-state index in [1.807, 2.05) is 45.0 Å². The van der Waals surface area contributed by atoms with Crippen molar-refractivity contribution in [3.05, 3.63) is 59.9 Å². The first-order valence-electron chi connectivity index (χ1n) is 9.48. The predicted molar refractivity (Wildman–Crippen MR) is 110 cm³/mol. The van der Waals surface area contributed by atoms with E-state index in [0.29, 0.717) is 17.1 Å². The van der Waals surface area contributed by atoms with Gasteiger partial charge in [-0.3, -0.25) is 9.59 Å². The molecule has 0 aliphatic rings. The van der Waals surface area contributed by atoms with Crippen LogP contribution >= 0.6 is 0 Å². The molecular formula is C22H25N3O4. The van der Waals surface area contributed by atoms with Gasteiger partial charge < -0.3 is 19.4 Å². The largest absolute Gasteiger partial charge is 0.497 e. The number of aromatic nitrogens is 2. The van der Waals surface area contributed by atoms with E-state index in [9.17, 15) is 9.59 Å². The van der Waals surface area contributed by atoms with Crippen molar-refractivity contribution in [3.8, 4) is 5.75 Å². The fourth-order valence-electron chi connectivity index (χ4n) is 3.11. The van der Waals surface area contributed by atoms with Crippen LogP contribution in [0.2, 0.25) is 0 Å². The van der Waals surface area contributed by atoms with Crippen LogP contribution in [0.5, 0.6) is 5.75 Å². The van der Waals surface area contributed by atoms with Gasteiger partial charge in [-0.2, -0.15) is 0 Å². The minimum Gasteiger partial charge on any atom is -0.497 e. The van der Waals surface area contributed by atoms with Crippen LogP contribution in [-0.4, -0.2) is 34.6 Å². The van der Waals surface area contributed by atoms with Crippen molar-refractivity contribution in [3.63, 3.8) is 0 Å². The summed E-state index contributed by atoms with van der Waals surface area (Å²) < 4.78 is 12.2. The van der Waals surface area contributed by atoms with Gasteiger partial charge in [-0.15, -0.1) is 0 Å². The monoisotopic (exact) mass is 395 g/mol. The molecule has 7 heteroatoms. The molecular weight excluding hydrogens is 370 g/mol. The van der Waals surface area contributed by atoms with Gasteiger partial charge in [0.1, 0.15) is 18.1 Å². The minimum atomic E-state index is -0.413. The molecule has 3 rings (SSSR count). The summed E-state index contributed by atoms with van der Waals surface area (Å²) in [7, 11) is 1.58. The smallest absolute Gasteiger partial charge is 0.326 e. The summed E-state index contributed by atoms with van der Waals surface area (Å²) >= 11 is 0. The number of rotatable bonds is 7. The highest BCUT2D eigenvalue weighted by atomic mass is 16.5. The molecule has 152 valence electrons. The average Bonchev–Trinajstić information content (AvgIpc) is 3.06. The van der Waals surface area contributed by atoms with Crippen LogP contribution in [0.1, 0.15) is 43.0 Å². The van der Waals surface area contributed by atoms with Gasteiger partial charge in [0.15, 0.2) is 0 Å². The lowest BCUT2D eigenvalue weighted by Gasteiger charge is -2.17. The topological polar surface area (TPSA) is 82.5 Å². The van der Waals surface area contributed by atoms with Crippen LogP contribution < -0.4 is 10.1 Å². The van der Waals surface area contributed by atoms with Crippen LogP contribution in [-0.2, 0) is 16.1 Å². The molecule has 0 radical (unpaired) electrons. The van der Waals surface area contributed by atoms with E-state index in [1.165, 1.54) is 0 Å². The third-order valence-corrected chi connectivity index (χ3v) is 4.43. The summed E-state index contributed by atoms with van der Waals surface area (Å²) in [5, 5.41) is 2.95. The number of imidazole rings is 1. The first-order valence-corrected chi connectivity index (χ1v) is 9.48. The number of para-hydroxylation sites is 2. The number of nitrogens with zero attached hydrogens (tertiary/aromatic N) is 2. The van der Waals surface area contributed by atoms with Crippen molar-refractivity contribution in [1.29, 1.82) is 0 Å². The number of hydrogen-bond acceptors (Lipinski definition) is 5. The Morgan fingerprint density at radius 3 is 2.41 bits per heavy atom. The number of esters is 1. The molecule has 0 aliphatic carbocycles. The Morgan fingerprint density at radius 2 is 1.76 bits per heavy atom. The number of carbonyl (C=O) groups is 2. The predicted octanol–water partition coefficient (Wildman–Crippen LogP) is 3.49. The Balaban J connectivity index is 1.86. The Kier molecular flexibility index (Phi) is 6.16. The molecule has 0 spiro atoms. The van der Waals surface area contributed by atoms with Crippen molar-refractivity contribution in [2.24, 2.45) is 0 Å². The summed E-state index contributed by atoms with van der Waals surface area (Å²) in [5.41, 5.74) is 2.08. The second-order valence-electron chi connectivity index (χ2n) is 7.01. The zero-order chi connectivity index (χ0) is 21.0. The lowest BCUT2D eigenvalue weighted by atomic mass is 10.2. The summed E-state index contributed by atoms with van der Waals surface area (Å²) in [6.45, 7) is 5.48. The molecule has 3 aromatic rings. The van der Waals surface area contributed by atoms with Crippen LogP contribution in [0, 0.1) is 0 Å².